The van der Waals surface area contributed by atoms with Crippen LogP contribution in [-0.2, 0) is 18.4 Å². The van der Waals surface area contributed by atoms with Gasteiger partial charge in [0.2, 0.25) is 5.91 Å². The second-order valence-electron chi connectivity index (χ2n) is 4.97. The topological polar surface area (TPSA) is 58.4 Å². The Balaban J connectivity index is 1.90. The average molecular weight is 283 g/mol. The third-order valence-corrected chi connectivity index (χ3v) is 4.68. The van der Waals surface area contributed by atoms with Crippen LogP contribution in [0.5, 0.6) is 0 Å². The van der Waals surface area contributed by atoms with Crippen molar-refractivity contribution in [2.24, 2.45) is 7.05 Å². The number of aliphatic hydroxyl groups is 1. The number of carbonyl (C=O) groups is 1. The van der Waals surface area contributed by atoms with Crippen molar-refractivity contribution in [1.82, 2.24) is 14.5 Å². The number of carbonyl (C=O) groups excluding carboxylic acids is 1. The van der Waals surface area contributed by atoms with Crippen LogP contribution in [0.25, 0.3) is 0 Å². The molecule has 1 saturated heterocycles. The maximum atomic E-state index is 12.2. The summed E-state index contributed by atoms with van der Waals surface area (Å²) in [6.45, 7) is 2.97. The number of imidazole rings is 1. The van der Waals surface area contributed by atoms with Crippen LogP contribution in [0.15, 0.2) is 11.4 Å². The highest BCUT2D eigenvalue weighted by Crippen LogP contribution is 2.21. The monoisotopic (exact) mass is 283 g/mol. The van der Waals surface area contributed by atoms with E-state index < -0.39 is 0 Å². The molecule has 19 heavy (non-hydrogen) atoms. The zero-order valence-corrected chi connectivity index (χ0v) is 12.3. The van der Waals surface area contributed by atoms with Crippen LogP contribution in [-0.4, -0.2) is 43.8 Å². The van der Waals surface area contributed by atoms with E-state index in [1.54, 1.807) is 6.20 Å². The van der Waals surface area contributed by atoms with E-state index in [0.717, 1.165) is 30.2 Å². The molecule has 1 aromatic rings. The minimum atomic E-state index is -0.0266. The van der Waals surface area contributed by atoms with Gasteiger partial charge >= 0.3 is 0 Å². The fourth-order valence-corrected chi connectivity index (χ4v) is 3.24. The highest BCUT2D eigenvalue weighted by Gasteiger charge is 2.23. The number of piperidine rings is 1. The van der Waals surface area contributed by atoms with Crippen molar-refractivity contribution in [3.63, 3.8) is 0 Å². The van der Waals surface area contributed by atoms with Crippen LogP contribution in [0.4, 0.5) is 0 Å². The van der Waals surface area contributed by atoms with Crippen molar-refractivity contribution in [2.45, 2.75) is 44.0 Å². The van der Waals surface area contributed by atoms with Gasteiger partial charge in [-0.3, -0.25) is 4.79 Å². The fraction of sp³-hybridized carbons (Fsp3) is 0.692. The lowest BCUT2D eigenvalue weighted by molar-refractivity contribution is -0.131. The van der Waals surface area contributed by atoms with Crippen LogP contribution < -0.4 is 0 Å². The van der Waals surface area contributed by atoms with E-state index in [0.29, 0.717) is 11.8 Å². The molecule has 0 spiro atoms. The van der Waals surface area contributed by atoms with Crippen LogP contribution in [0.2, 0.25) is 0 Å². The van der Waals surface area contributed by atoms with E-state index in [4.69, 9.17) is 5.11 Å². The fourth-order valence-electron chi connectivity index (χ4n) is 2.38. The van der Waals surface area contributed by atoms with Crippen LogP contribution in [0.1, 0.15) is 31.9 Å². The summed E-state index contributed by atoms with van der Waals surface area (Å²) in [5.74, 6) is 0.603. The maximum absolute atomic E-state index is 12.2. The van der Waals surface area contributed by atoms with E-state index in [9.17, 15) is 4.79 Å². The third kappa shape index (κ3) is 3.30. The molecule has 1 atom stereocenters. The normalized spacial score (nSPS) is 19.7. The first-order valence-electron chi connectivity index (χ1n) is 6.67. The van der Waals surface area contributed by atoms with Gasteiger partial charge in [-0.05, 0) is 26.2 Å². The van der Waals surface area contributed by atoms with Crippen molar-refractivity contribution in [1.29, 1.82) is 0 Å². The molecule has 0 saturated carbocycles. The van der Waals surface area contributed by atoms with Crippen LogP contribution in [0.3, 0.4) is 0 Å². The highest BCUT2D eigenvalue weighted by molar-refractivity contribution is 7.99. The zero-order chi connectivity index (χ0) is 13.8. The van der Waals surface area contributed by atoms with Gasteiger partial charge in [0.1, 0.15) is 0 Å². The van der Waals surface area contributed by atoms with E-state index in [1.807, 2.05) is 16.5 Å². The molecule has 1 aliphatic heterocycles. The molecule has 1 aliphatic rings. The number of hydrogen-bond donors (Lipinski definition) is 1. The number of likely N-dealkylation sites (tertiary alicyclic amines) is 1. The Morgan fingerprint density at radius 1 is 1.58 bits per heavy atom. The molecule has 1 aromatic heterocycles. The minimum Gasteiger partial charge on any atom is -0.390 e. The number of nitrogens with zero attached hydrogens (tertiary/aromatic N) is 3. The second kappa shape index (κ2) is 6.43. The zero-order valence-electron chi connectivity index (χ0n) is 11.5. The SMILES string of the molecule is CC1CCCCN1C(=O)CSc1ncc(CO)n1C. The van der Waals surface area contributed by atoms with Gasteiger partial charge in [0.25, 0.3) is 0 Å². The summed E-state index contributed by atoms with van der Waals surface area (Å²) in [6, 6.07) is 0.358. The summed E-state index contributed by atoms with van der Waals surface area (Å²) in [4.78, 5) is 18.4. The van der Waals surface area contributed by atoms with Gasteiger partial charge in [0, 0.05) is 19.6 Å². The Hall–Kier alpha value is -1.01. The summed E-state index contributed by atoms with van der Waals surface area (Å²) in [5, 5.41) is 9.88. The standard InChI is InChI=1S/C13H21N3O2S/c1-10-5-3-4-6-16(10)12(18)9-19-13-14-7-11(8-17)15(13)2/h7,10,17H,3-6,8-9H2,1-2H3. The maximum Gasteiger partial charge on any atom is 0.233 e. The Kier molecular flexibility index (Phi) is 4.87. The molecule has 1 unspecified atom stereocenters. The van der Waals surface area contributed by atoms with Gasteiger partial charge in [-0.15, -0.1) is 0 Å². The summed E-state index contributed by atoms with van der Waals surface area (Å²) in [6.07, 6.45) is 5.08. The Morgan fingerprint density at radius 3 is 3.00 bits per heavy atom. The lowest BCUT2D eigenvalue weighted by atomic mass is 10.0. The smallest absolute Gasteiger partial charge is 0.233 e. The van der Waals surface area contributed by atoms with E-state index in [2.05, 4.69) is 11.9 Å². The number of thioether (sulfide) groups is 1. The largest absolute Gasteiger partial charge is 0.390 e. The number of aromatic nitrogens is 2. The lowest BCUT2D eigenvalue weighted by Crippen LogP contribution is -2.42. The van der Waals surface area contributed by atoms with Gasteiger partial charge in [0.15, 0.2) is 5.16 Å². The van der Waals surface area contributed by atoms with Gasteiger partial charge in [0.05, 0.1) is 24.3 Å². The molecule has 5 nitrogen and oxygen atoms in total. The molecule has 1 N–H and O–H groups in total. The molecule has 6 heteroatoms. The van der Waals surface area contributed by atoms with Gasteiger partial charge in [-0.1, -0.05) is 11.8 Å². The highest BCUT2D eigenvalue weighted by atomic mass is 32.2. The van der Waals surface area contributed by atoms with Gasteiger partial charge in [-0.2, -0.15) is 0 Å². The number of hydrogen-bond acceptors (Lipinski definition) is 4. The number of rotatable bonds is 4. The lowest BCUT2D eigenvalue weighted by Gasteiger charge is -2.33. The van der Waals surface area contributed by atoms with Crippen molar-refractivity contribution < 1.29 is 9.90 Å². The minimum absolute atomic E-state index is 0.0266. The van der Waals surface area contributed by atoms with Crippen molar-refractivity contribution in [2.75, 3.05) is 12.3 Å². The molecule has 106 valence electrons. The first kappa shape index (κ1) is 14.4. The first-order valence-corrected chi connectivity index (χ1v) is 7.65. The Morgan fingerprint density at radius 2 is 2.37 bits per heavy atom. The molecule has 2 heterocycles. The summed E-state index contributed by atoms with van der Waals surface area (Å²) in [7, 11) is 1.86. The molecule has 0 aromatic carbocycles. The van der Waals surface area contributed by atoms with E-state index >= 15 is 0 Å². The molecular weight excluding hydrogens is 262 g/mol. The van der Waals surface area contributed by atoms with E-state index in [1.165, 1.54) is 18.2 Å². The summed E-state index contributed by atoms with van der Waals surface area (Å²) < 4.78 is 1.83. The number of amides is 1. The first-order chi connectivity index (χ1) is 9.13. The summed E-state index contributed by atoms with van der Waals surface area (Å²) >= 11 is 1.44. The molecular formula is C13H21N3O2S. The molecule has 0 radical (unpaired) electrons. The summed E-state index contributed by atoms with van der Waals surface area (Å²) in [5.41, 5.74) is 0.765. The predicted molar refractivity (Wildman–Crippen MR) is 74.9 cm³/mol. The van der Waals surface area contributed by atoms with Crippen molar-refractivity contribution in [3.05, 3.63) is 11.9 Å². The molecule has 0 bridgehead atoms. The van der Waals surface area contributed by atoms with Crippen molar-refractivity contribution >= 4 is 17.7 Å². The van der Waals surface area contributed by atoms with E-state index in [-0.39, 0.29) is 12.5 Å². The molecule has 2 rings (SSSR count). The molecule has 0 aliphatic carbocycles. The predicted octanol–water partition coefficient (Wildman–Crippen LogP) is 1.41. The second-order valence-corrected chi connectivity index (χ2v) is 5.91. The average Bonchev–Trinajstić information content (AvgIpc) is 2.77. The van der Waals surface area contributed by atoms with Crippen LogP contribution in [0, 0.1) is 0 Å². The molecule has 1 amide bonds. The molecule has 1 fully saturated rings. The Bertz CT molecular complexity index is 447. The van der Waals surface area contributed by atoms with Gasteiger partial charge < -0.3 is 14.6 Å². The number of aliphatic hydroxyl groups excluding tert-OH is 1. The van der Waals surface area contributed by atoms with Gasteiger partial charge in [-0.25, -0.2) is 4.98 Å². The third-order valence-electron chi connectivity index (χ3n) is 3.65. The van der Waals surface area contributed by atoms with Crippen LogP contribution >= 0.6 is 11.8 Å². The quantitative estimate of drug-likeness (QED) is 0.849. The Labute approximate surface area is 118 Å². The van der Waals surface area contributed by atoms with Crippen molar-refractivity contribution in [3.8, 4) is 0 Å².